The third kappa shape index (κ3) is 6.03. The van der Waals surface area contributed by atoms with Crippen LogP contribution >= 0.6 is 11.6 Å². The summed E-state index contributed by atoms with van der Waals surface area (Å²) in [6.45, 7) is 5.14. The van der Waals surface area contributed by atoms with Crippen molar-refractivity contribution in [1.82, 2.24) is 10.3 Å². The predicted molar refractivity (Wildman–Crippen MR) is 143 cm³/mol. The number of nitrogens with one attached hydrogen (secondary N) is 2. The fourth-order valence-electron chi connectivity index (χ4n) is 4.90. The fourth-order valence-corrected chi connectivity index (χ4v) is 5.06. The van der Waals surface area contributed by atoms with Crippen molar-refractivity contribution in [2.24, 2.45) is 5.92 Å². The zero-order chi connectivity index (χ0) is 23.2. The molecule has 0 bridgehead atoms. The highest BCUT2D eigenvalue weighted by Gasteiger charge is 2.28. The fraction of sp³-hybridized carbons (Fsp3) is 0.310. The second-order valence-corrected chi connectivity index (χ2v) is 9.68. The number of nitrogens with zero attached hydrogens (tertiary/aromatic N) is 2. The first-order valence-corrected chi connectivity index (χ1v) is 12.7. The van der Waals surface area contributed by atoms with E-state index >= 15 is 0 Å². The van der Waals surface area contributed by atoms with E-state index in [0.717, 1.165) is 55.2 Å². The van der Waals surface area contributed by atoms with Gasteiger partial charge in [-0.05, 0) is 93.9 Å². The van der Waals surface area contributed by atoms with Crippen LogP contribution in [0.2, 0.25) is 5.02 Å². The molecule has 1 aromatic heterocycles. The standard InChI is InChI=1S/C29H32ClN4/c30-25-8-9-27-28(12-16-32-29(27)19-25)33-20-23-6-7-24(18-23)21-34(26-4-2-1-3-5-26)17-13-22-10-14-31-15-11-22/h1-9,12,16,18-19,22,31H,10-11,13-15,17,20-21H2,(H,32,33). The molecule has 2 N–H and O–H groups in total. The predicted octanol–water partition coefficient (Wildman–Crippen LogP) is 5.97. The highest BCUT2D eigenvalue weighted by Crippen LogP contribution is 2.34. The van der Waals surface area contributed by atoms with Gasteiger partial charge in [-0.25, -0.2) is 0 Å². The molecule has 2 fully saturated rings. The van der Waals surface area contributed by atoms with Crippen molar-refractivity contribution in [2.75, 3.05) is 42.9 Å². The van der Waals surface area contributed by atoms with Crippen molar-refractivity contribution in [3.05, 3.63) is 96.9 Å². The van der Waals surface area contributed by atoms with Gasteiger partial charge in [0.05, 0.1) is 5.52 Å². The van der Waals surface area contributed by atoms with Crippen molar-refractivity contribution >= 4 is 33.9 Å². The van der Waals surface area contributed by atoms with Crippen molar-refractivity contribution in [1.29, 1.82) is 0 Å². The van der Waals surface area contributed by atoms with Gasteiger partial charge in [0.25, 0.3) is 0 Å². The van der Waals surface area contributed by atoms with Crippen LogP contribution in [-0.4, -0.2) is 37.7 Å². The Morgan fingerprint density at radius 3 is 2.68 bits per heavy atom. The molecule has 5 radical (unpaired) electrons. The summed E-state index contributed by atoms with van der Waals surface area (Å²) in [4.78, 5) is 6.98. The maximum atomic E-state index is 6.13. The van der Waals surface area contributed by atoms with Crippen LogP contribution in [0.4, 0.5) is 11.4 Å². The summed E-state index contributed by atoms with van der Waals surface area (Å²) >= 11 is 6.13. The Balaban J connectivity index is 1.17. The summed E-state index contributed by atoms with van der Waals surface area (Å²) in [6.07, 6.45) is 12.5. The molecule has 2 aromatic carbocycles. The number of pyridine rings is 1. The number of fused-ring (bicyclic) bond motifs is 1. The summed E-state index contributed by atoms with van der Waals surface area (Å²) in [5.41, 5.74) is 3.30. The number of benzene rings is 2. The molecule has 1 saturated carbocycles. The minimum atomic E-state index is 0.709. The molecule has 0 amide bonds. The molecule has 0 unspecified atom stereocenters. The summed E-state index contributed by atoms with van der Waals surface area (Å²) < 4.78 is 0. The minimum Gasteiger partial charge on any atom is -0.384 e. The molecule has 3 aromatic rings. The molecule has 1 aliphatic carbocycles. The van der Waals surface area contributed by atoms with Gasteiger partial charge in [0.1, 0.15) is 0 Å². The highest BCUT2D eigenvalue weighted by atomic mass is 35.5. The van der Waals surface area contributed by atoms with Crippen LogP contribution in [0.5, 0.6) is 0 Å². The lowest BCUT2D eigenvalue weighted by atomic mass is 9.94. The number of hydrogen-bond donors (Lipinski definition) is 2. The first kappa shape index (κ1) is 23.4. The van der Waals surface area contributed by atoms with Gasteiger partial charge in [-0.1, -0.05) is 29.8 Å². The third-order valence-electron chi connectivity index (χ3n) is 6.83. The first-order chi connectivity index (χ1) is 16.7. The number of anilines is 2. The highest BCUT2D eigenvalue weighted by molar-refractivity contribution is 6.31. The van der Waals surface area contributed by atoms with E-state index in [1.54, 1.807) is 0 Å². The Morgan fingerprint density at radius 1 is 1.00 bits per heavy atom. The van der Waals surface area contributed by atoms with Crippen molar-refractivity contribution in [3.63, 3.8) is 0 Å². The second kappa shape index (κ2) is 11.4. The summed E-state index contributed by atoms with van der Waals surface area (Å²) in [6, 6.07) is 18.7. The van der Waals surface area contributed by atoms with E-state index in [0.29, 0.717) is 5.02 Å². The van der Waals surface area contributed by atoms with Crippen LogP contribution in [0.15, 0.2) is 60.8 Å². The lowest BCUT2D eigenvalue weighted by molar-refractivity contribution is 0.355. The zero-order valence-electron chi connectivity index (χ0n) is 19.5. The molecular weight excluding hydrogens is 440 g/mol. The van der Waals surface area contributed by atoms with Crippen molar-refractivity contribution in [2.45, 2.75) is 19.3 Å². The maximum absolute atomic E-state index is 6.13. The lowest BCUT2D eigenvalue weighted by Gasteiger charge is -2.30. The Morgan fingerprint density at radius 2 is 1.82 bits per heavy atom. The molecule has 175 valence electrons. The van der Waals surface area contributed by atoms with Crippen molar-refractivity contribution in [3.8, 4) is 0 Å². The Bertz CT molecular complexity index is 1050. The van der Waals surface area contributed by atoms with Gasteiger partial charge < -0.3 is 15.5 Å². The van der Waals surface area contributed by atoms with E-state index in [9.17, 15) is 0 Å². The second-order valence-electron chi connectivity index (χ2n) is 9.24. The van der Waals surface area contributed by atoms with Gasteiger partial charge in [-0.2, -0.15) is 0 Å². The number of aromatic nitrogens is 1. The summed E-state index contributed by atoms with van der Waals surface area (Å²) in [5, 5.41) is 8.87. The number of rotatable bonds is 9. The molecule has 2 heterocycles. The van der Waals surface area contributed by atoms with Gasteiger partial charge in [0.15, 0.2) is 0 Å². The number of piperidine rings is 1. The largest absolute Gasteiger partial charge is 0.384 e. The molecule has 5 heteroatoms. The van der Waals surface area contributed by atoms with E-state index in [2.05, 4.69) is 70.1 Å². The minimum absolute atomic E-state index is 0.709. The van der Waals surface area contributed by atoms with E-state index in [-0.39, 0.29) is 0 Å². The van der Waals surface area contributed by atoms with Gasteiger partial charge in [-0.15, -0.1) is 0 Å². The average Bonchev–Trinajstić information content (AvgIpc) is 3.33. The van der Waals surface area contributed by atoms with E-state index in [1.807, 2.05) is 30.5 Å². The third-order valence-corrected chi connectivity index (χ3v) is 7.07. The molecule has 2 aliphatic rings. The van der Waals surface area contributed by atoms with Crippen LogP contribution in [0.1, 0.15) is 19.3 Å². The van der Waals surface area contributed by atoms with Gasteiger partial charge in [0, 0.05) is 59.5 Å². The van der Waals surface area contributed by atoms with Crippen LogP contribution in [-0.2, 0) is 0 Å². The van der Waals surface area contributed by atoms with Crippen molar-refractivity contribution < 1.29 is 0 Å². The van der Waals surface area contributed by atoms with Gasteiger partial charge in [0.2, 0.25) is 0 Å². The van der Waals surface area contributed by atoms with E-state index in [4.69, 9.17) is 11.6 Å². The zero-order valence-corrected chi connectivity index (χ0v) is 20.3. The average molecular weight is 472 g/mol. The molecule has 1 saturated heterocycles. The summed E-state index contributed by atoms with van der Waals surface area (Å²) in [5.74, 6) is 3.48. The monoisotopic (exact) mass is 471 g/mol. The molecule has 4 nitrogen and oxygen atoms in total. The number of halogens is 1. The molecule has 0 atom stereocenters. The molecular formula is C29H32ClN4. The molecule has 1 aliphatic heterocycles. The normalized spacial score (nSPS) is 17.9. The van der Waals surface area contributed by atoms with E-state index in [1.165, 1.54) is 36.8 Å². The van der Waals surface area contributed by atoms with Crippen LogP contribution in [0, 0.1) is 37.0 Å². The molecule has 5 rings (SSSR count). The smallest absolute Gasteiger partial charge is 0.0737 e. The molecule has 34 heavy (non-hydrogen) atoms. The number of hydrogen-bond acceptors (Lipinski definition) is 4. The topological polar surface area (TPSA) is 40.2 Å². The van der Waals surface area contributed by atoms with Gasteiger partial charge >= 0.3 is 0 Å². The summed E-state index contributed by atoms with van der Waals surface area (Å²) in [7, 11) is 0. The van der Waals surface area contributed by atoms with E-state index < -0.39 is 0 Å². The molecule has 0 spiro atoms. The Kier molecular flexibility index (Phi) is 7.87. The van der Waals surface area contributed by atoms with Gasteiger partial charge in [-0.3, -0.25) is 4.98 Å². The van der Waals surface area contributed by atoms with Crippen LogP contribution in [0.3, 0.4) is 0 Å². The van der Waals surface area contributed by atoms with Crippen LogP contribution in [0.25, 0.3) is 10.9 Å². The Hall–Kier alpha value is -2.30. The first-order valence-electron chi connectivity index (χ1n) is 12.3. The SMILES string of the molecule is Clc1ccc2c(NC[C]3[CH][CH][C](CN(CCC4CCNCC4)c4ccccc4)[CH]3)ccnc2c1. The van der Waals surface area contributed by atoms with Crippen LogP contribution < -0.4 is 15.5 Å². The number of para-hydroxylation sites is 1. The quantitative estimate of drug-likeness (QED) is 0.403. The Labute approximate surface area is 209 Å². The maximum Gasteiger partial charge on any atom is 0.0737 e. The lowest BCUT2D eigenvalue weighted by Crippen LogP contribution is -2.33.